The summed E-state index contributed by atoms with van der Waals surface area (Å²) in [5.74, 6) is 1.61. The molecule has 8 heteroatoms. The van der Waals surface area contributed by atoms with Crippen molar-refractivity contribution >= 4 is 17.7 Å². The van der Waals surface area contributed by atoms with Crippen LogP contribution in [-0.4, -0.2) is 38.1 Å². The lowest BCUT2D eigenvalue weighted by molar-refractivity contribution is -0.130. The Kier molecular flexibility index (Phi) is 5.35. The summed E-state index contributed by atoms with van der Waals surface area (Å²) in [5, 5.41) is 16.6. The van der Waals surface area contributed by atoms with Crippen LogP contribution in [0.4, 0.5) is 0 Å². The fraction of sp³-hybridized carbons (Fsp3) is 0.409. The van der Waals surface area contributed by atoms with E-state index >= 15 is 0 Å². The van der Waals surface area contributed by atoms with Crippen molar-refractivity contribution in [1.29, 1.82) is 0 Å². The van der Waals surface area contributed by atoms with Crippen LogP contribution in [0.15, 0.2) is 58.3 Å². The van der Waals surface area contributed by atoms with Crippen molar-refractivity contribution < 1.29 is 9.21 Å². The van der Waals surface area contributed by atoms with E-state index in [0.717, 1.165) is 30.1 Å². The third-order valence-electron chi connectivity index (χ3n) is 5.94. The first-order chi connectivity index (χ1) is 14.7. The number of para-hydroxylation sites is 1. The Morgan fingerprint density at radius 2 is 1.97 bits per heavy atom. The molecule has 2 fully saturated rings. The molecule has 30 heavy (non-hydrogen) atoms. The lowest BCUT2D eigenvalue weighted by atomic mass is 9.82. The maximum Gasteiger partial charge on any atom is 0.225 e. The zero-order valence-corrected chi connectivity index (χ0v) is 17.6. The van der Waals surface area contributed by atoms with Gasteiger partial charge < -0.3 is 9.73 Å². The first kappa shape index (κ1) is 19.4. The smallest absolute Gasteiger partial charge is 0.225 e. The van der Waals surface area contributed by atoms with Gasteiger partial charge in [0.15, 0.2) is 10.9 Å². The van der Waals surface area contributed by atoms with Gasteiger partial charge in [-0.1, -0.05) is 42.8 Å². The molecular weight excluding hydrogens is 398 g/mol. The molecule has 5 rings (SSSR count). The lowest BCUT2D eigenvalue weighted by Crippen LogP contribution is -2.64. The molecule has 1 aliphatic carbocycles. The summed E-state index contributed by atoms with van der Waals surface area (Å²) in [6, 6.07) is 14.0. The fourth-order valence-corrected chi connectivity index (χ4v) is 5.39. The summed E-state index contributed by atoms with van der Waals surface area (Å²) >= 11 is 1.60. The van der Waals surface area contributed by atoms with Crippen molar-refractivity contribution in [1.82, 2.24) is 25.4 Å². The number of hydrogen-bond acceptors (Lipinski definition) is 6. The van der Waals surface area contributed by atoms with E-state index < -0.39 is 0 Å². The van der Waals surface area contributed by atoms with Crippen LogP contribution >= 0.6 is 11.8 Å². The maximum atomic E-state index is 12.6. The second-order valence-electron chi connectivity index (χ2n) is 7.93. The highest BCUT2D eigenvalue weighted by molar-refractivity contribution is 7.99. The molecular formula is C22H25N5O2S. The average molecular weight is 424 g/mol. The quantitative estimate of drug-likeness (QED) is 0.610. The number of furan rings is 1. The van der Waals surface area contributed by atoms with Gasteiger partial charge >= 0.3 is 0 Å². The number of hydrogen-bond donors (Lipinski definition) is 2. The monoisotopic (exact) mass is 423 g/mol. The van der Waals surface area contributed by atoms with Crippen molar-refractivity contribution in [3.8, 4) is 17.3 Å². The highest BCUT2D eigenvalue weighted by Crippen LogP contribution is 2.33. The number of fused-ring (bicyclic) bond motifs is 1. The predicted octanol–water partition coefficient (Wildman–Crippen LogP) is 3.61. The molecule has 2 aromatic heterocycles. The molecule has 1 saturated carbocycles. The van der Waals surface area contributed by atoms with E-state index in [2.05, 4.69) is 27.8 Å². The number of aromatic nitrogens is 3. The normalized spacial score (nSPS) is 24.8. The molecule has 4 atom stereocenters. The van der Waals surface area contributed by atoms with Crippen LogP contribution in [0.3, 0.4) is 0 Å². The third-order valence-corrected chi connectivity index (χ3v) is 7.06. The first-order valence-corrected chi connectivity index (χ1v) is 11.4. The van der Waals surface area contributed by atoms with Gasteiger partial charge in [0.25, 0.3) is 0 Å². The maximum absolute atomic E-state index is 12.6. The Labute approximate surface area is 179 Å². The van der Waals surface area contributed by atoms with Gasteiger partial charge in [-0.05, 0) is 44.0 Å². The minimum absolute atomic E-state index is 0.0768. The predicted molar refractivity (Wildman–Crippen MR) is 115 cm³/mol. The topological polar surface area (TPSA) is 85.0 Å². The van der Waals surface area contributed by atoms with E-state index in [1.54, 1.807) is 18.0 Å². The molecule has 1 saturated heterocycles. The molecule has 0 radical (unpaired) electrons. The largest absolute Gasteiger partial charge is 0.461 e. The van der Waals surface area contributed by atoms with Gasteiger partial charge in [-0.2, -0.15) is 0 Å². The zero-order valence-electron chi connectivity index (χ0n) is 16.8. The van der Waals surface area contributed by atoms with Crippen LogP contribution in [-0.2, 0) is 4.79 Å². The SMILES string of the molecule is CC(Sc1nnc(-c2ccco2)n1-c1ccccc1)C1NC(=O)C2CCCCC2N1. The van der Waals surface area contributed by atoms with E-state index in [4.69, 9.17) is 4.42 Å². The van der Waals surface area contributed by atoms with E-state index in [1.165, 1.54) is 6.42 Å². The summed E-state index contributed by atoms with van der Waals surface area (Å²) in [4.78, 5) is 12.6. The number of nitrogens with one attached hydrogen (secondary N) is 2. The third kappa shape index (κ3) is 3.65. The summed E-state index contributed by atoms with van der Waals surface area (Å²) in [5.41, 5.74) is 0.969. The van der Waals surface area contributed by atoms with Crippen molar-refractivity contribution in [3.05, 3.63) is 48.7 Å². The molecule has 0 spiro atoms. The van der Waals surface area contributed by atoms with Crippen LogP contribution < -0.4 is 10.6 Å². The average Bonchev–Trinajstić information content (AvgIpc) is 3.44. The van der Waals surface area contributed by atoms with Crippen molar-refractivity contribution in [3.63, 3.8) is 0 Å². The van der Waals surface area contributed by atoms with Crippen LogP contribution in [0.5, 0.6) is 0 Å². The van der Waals surface area contributed by atoms with Gasteiger partial charge in [-0.15, -0.1) is 10.2 Å². The van der Waals surface area contributed by atoms with Gasteiger partial charge in [0.2, 0.25) is 11.7 Å². The summed E-state index contributed by atoms with van der Waals surface area (Å²) in [7, 11) is 0. The van der Waals surface area contributed by atoms with Crippen LogP contribution in [0.1, 0.15) is 32.6 Å². The van der Waals surface area contributed by atoms with E-state index in [1.807, 2.05) is 47.0 Å². The Balaban J connectivity index is 1.41. The molecule has 3 heterocycles. The van der Waals surface area contributed by atoms with Crippen molar-refractivity contribution in [2.45, 2.75) is 55.2 Å². The second-order valence-corrected chi connectivity index (χ2v) is 9.27. The molecule has 156 valence electrons. The second kappa shape index (κ2) is 8.28. The molecule has 4 unspecified atom stereocenters. The standard InChI is InChI=1S/C22H25N5O2S/c1-14(19-23-17-11-6-5-10-16(17)21(28)24-19)30-22-26-25-20(18-12-7-13-29-18)27(22)15-8-3-2-4-9-15/h2-4,7-9,12-14,16-17,19,23H,5-6,10-11H2,1H3,(H,24,28). The number of rotatable bonds is 5. The Hall–Kier alpha value is -2.58. The van der Waals surface area contributed by atoms with Crippen LogP contribution in [0.2, 0.25) is 0 Å². The zero-order chi connectivity index (χ0) is 20.5. The number of thioether (sulfide) groups is 1. The first-order valence-electron chi connectivity index (χ1n) is 10.5. The van der Waals surface area contributed by atoms with Crippen molar-refractivity contribution in [2.24, 2.45) is 5.92 Å². The van der Waals surface area contributed by atoms with Gasteiger partial charge in [0.1, 0.15) is 0 Å². The highest BCUT2D eigenvalue weighted by atomic mass is 32.2. The van der Waals surface area contributed by atoms with Gasteiger partial charge in [0.05, 0.1) is 18.3 Å². The minimum Gasteiger partial charge on any atom is -0.461 e. The molecule has 3 aromatic rings. The number of nitrogens with zero attached hydrogens (tertiary/aromatic N) is 3. The minimum atomic E-state index is -0.102. The molecule has 1 amide bonds. The molecule has 1 aromatic carbocycles. The van der Waals surface area contributed by atoms with Crippen molar-refractivity contribution in [2.75, 3.05) is 0 Å². The summed E-state index contributed by atoms with van der Waals surface area (Å²) in [6.07, 6.45) is 5.90. The lowest BCUT2D eigenvalue weighted by Gasteiger charge is -2.41. The Morgan fingerprint density at radius 1 is 1.13 bits per heavy atom. The number of amides is 1. The number of carbonyl (C=O) groups excluding carboxylic acids is 1. The molecule has 2 aliphatic rings. The number of benzene rings is 1. The Morgan fingerprint density at radius 3 is 2.77 bits per heavy atom. The van der Waals surface area contributed by atoms with Gasteiger partial charge in [-0.3, -0.25) is 14.7 Å². The summed E-state index contributed by atoms with van der Waals surface area (Å²) < 4.78 is 7.60. The highest BCUT2D eigenvalue weighted by Gasteiger charge is 2.39. The molecule has 7 nitrogen and oxygen atoms in total. The van der Waals surface area contributed by atoms with Gasteiger partial charge in [-0.25, -0.2) is 0 Å². The Bertz CT molecular complexity index is 1000. The number of carbonyl (C=O) groups is 1. The van der Waals surface area contributed by atoms with E-state index in [9.17, 15) is 4.79 Å². The van der Waals surface area contributed by atoms with Gasteiger partial charge in [0, 0.05) is 17.0 Å². The summed E-state index contributed by atoms with van der Waals surface area (Å²) in [6.45, 7) is 2.11. The van der Waals surface area contributed by atoms with Crippen LogP contribution in [0.25, 0.3) is 17.3 Å². The van der Waals surface area contributed by atoms with E-state index in [-0.39, 0.29) is 29.3 Å². The molecule has 0 bridgehead atoms. The molecule has 2 N–H and O–H groups in total. The fourth-order valence-electron chi connectivity index (χ4n) is 4.39. The van der Waals surface area contributed by atoms with Crippen LogP contribution in [0, 0.1) is 5.92 Å². The van der Waals surface area contributed by atoms with E-state index in [0.29, 0.717) is 11.6 Å². The molecule has 1 aliphatic heterocycles.